The zero-order valence-electron chi connectivity index (χ0n) is 9.79. The first-order chi connectivity index (χ1) is 7.69. The number of likely N-dealkylation sites (N-methyl/N-ethyl adjacent to an activating group) is 1. The fourth-order valence-corrected chi connectivity index (χ4v) is 3.20. The molecule has 3 unspecified atom stereocenters. The van der Waals surface area contributed by atoms with Gasteiger partial charge < -0.3 is 10.6 Å². The molecule has 4 heteroatoms. The molecule has 3 atom stereocenters. The molecule has 16 heavy (non-hydrogen) atoms. The molecule has 0 radical (unpaired) electrons. The Labute approximate surface area is 96.2 Å². The maximum absolute atomic E-state index is 11.6. The maximum Gasteiger partial charge on any atom is 0.239 e. The zero-order chi connectivity index (χ0) is 11.5. The van der Waals surface area contributed by atoms with Crippen molar-refractivity contribution in [2.45, 2.75) is 32.1 Å². The summed E-state index contributed by atoms with van der Waals surface area (Å²) in [7, 11) is 1.57. The fraction of sp³-hybridized carbons (Fsp3) is 0.833. The highest BCUT2D eigenvalue weighted by Gasteiger charge is 2.39. The Morgan fingerprint density at radius 3 is 2.56 bits per heavy atom. The smallest absolute Gasteiger partial charge is 0.239 e. The molecule has 0 aromatic heterocycles. The van der Waals surface area contributed by atoms with Gasteiger partial charge in [0, 0.05) is 13.5 Å². The number of carbonyl (C=O) groups excluding carboxylic acids is 2. The summed E-state index contributed by atoms with van der Waals surface area (Å²) in [6.07, 6.45) is 5.82. The number of hydrogen-bond donors (Lipinski definition) is 2. The average molecular weight is 224 g/mol. The van der Waals surface area contributed by atoms with E-state index in [1.54, 1.807) is 7.05 Å². The number of rotatable bonds is 4. The lowest BCUT2D eigenvalue weighted by Gasteiger charge is -2.20. The maximum atomic E-state index is 11.6. The van der Waals surface area contributed by atoms with Crippen molar-refractivity contribution in [3.8, 4) is 0 Å². The normalized spacial score (nSPS) is 31.4. The molecule has 2 fully saturated rings. The van der Waals surface area contributed by atoms with Crippen molar-refractivity contribution in [1.29, 1.82) is 0 Å². The van der Waals surface area contributed by atoms with Crippen LogP contribution < -0.4 is 10.6 Å². The van der Waals surface area contributed by atoms with Crippen LogP contribution >= 0.6 is 0 Å². The van der Waals surface area contributed by atoms with Gasteiger partial charge in [0.05, 0.1) is 6.54 Å². The Bertz CT molecular complexity index is 291. The molecule has 2 aliphatic carbocycles. The summed E-state index contributed by atoms with van der Waals surface area (Å²) in [6.45, 7) is 0.107. The Balaban J connectivity index is 1.69. The van der Waals surface area contributed by atoms with Crippen molar-refractivity contribution in [2.24, 2.45) is 17.8 Å². The van der Waals surface area contributed by atoms with Crippen molar-refractivity contribution in [2.75, 3.05) is 13.6 Å². The minimum absolute atomic E-state index is 0.0288. The Hall–Kier alpha value is -1.06. The third-order valence-electron chi connectivity index (χ3n) is 4.06. The van der Waals surface area contributed by atoms with Crippen molar-refractivity contribution in [3.05, 3.63) is 0 Å². The van der Waals surface area contributed by atoms with E-state index in [4.69, 9.17) is 0 Å². The van der Waals surface area contributed by atoms with Crippen LogP contribution in [0.4, 0.5) is 0 Å². The second-order valence-corrected chi connectivity index (χ2v) is 5.09. The summed E-state index contributed by atoms with van der Waals surface area (Å²) in [6, 6.07) is 0. The molecule has 0 saturated heterocycles. The van der Waals surface area contributed by atoms with Crippen molar-refractivity contribution < 1.29 is 9.59 Å². The lowest BCUT2D eigenvalue weighted by Crippen LogP contribution is -2.36. The predicted octanol–water partition coefficient (Wildman–Crippen LogP) is 0.675. The molecule has 0 spiro atoms. The minimum Gasteiger partial charge on any atom is -0.358 e. The highest BCUT2D eigenvalue weighted by atomic mass is 16.2. The van der Waals surface area contributed by atoms with Gasteiger partial charge in [-0.25, -0.2) is 0 Å². The second kappa shape index (κ2) is 4.85. The van der Waals surface area contributed by atoms with Crippen LogP contribution in [0, 0.1) is 17.8 Å². The molecule has 0 aliphatic heterocycles. The van der Waals surface area contributed by atoms with Gasteiger partial charge in [0.15, 0.2) is 0 Å². The van der Waals surface area contributed by atoms with Crippen LogP contribution in [-0.4, -0.2) is 25.4 Å². The topological polar surface area (TPSA) is 58.2 Å². The van der Waals surface area contributed by atoms with E-state index in [1.807, 2.05) is 0 Å². The molecule has 2 amide bonds. The standard InChI is InChI=1S/C12H20N2O2/c1-13-12(16)7-14-11(15)6-10-5-8-2-3-9(10)4-8/h8-10H,2-7H2,1H3,(H,13,16)(H,14,15). The molecular formula is C12H20N2O2. The fourth-order valence-electron chi connectivity index (χ4n) is 3.20. The van der Waals surface area contributed by atoms with Gasteiger partial charge in [-0.1, -0.05) is 6.42 Å². The molecule has 2 aliphatic rings. The van der Waals surface area contributed by atoms with Crippen molar-refractivity contribution >= 4 is 11.8 Å². The second-order valence-electron chi connectivity index (χ2n) is 5.09. The van der Waals surface area contributed by atoms with Crippen LogP contribution in [0.5, 0.6) is 0 Å². The van der Waals surface area contributed by atoms with E-state index in [-0.39, 0.29) is 18.4 Å². The summed E-state index contributed by atoms with van der Waals surface area (Å²) in [5, 5.41) is 5.16. The lowest BCUT2D eigenvalue weighted by atomic mass is 9.86. The van der Waals surface area contributed by atoms with Gasteiger partial charge in [0.25, 0.3) is 0 Å². The number of fused-ring (bicyclic) bond motifs is 2. The molecule has 2 N–H and O–H groups in total. The Morgan fingerprint density at radius 1 is 1.19 bits per heavy atom. The number of hydrogen-bond acceptors (Lipinski definition) is 2. The van der Waals surface area contributed by atoms with Crippen LogP contribution in [-0.2, 0) is 9.59 Å². The molecule has 2 bridgehead atoms. The van der Waals surface area contributed by atoms with E-state index in [0.29, 0.717) is 12.3 Å². The SMILES string of the molecule is CNC(=O)CNC(=O)CC1CC2CCC1C2. The van der Waals surface area contributed by atoms with Gasteiger partial charge in [-0.2, -0.15) is 0 Å². The number of carbonyl (C=O) groups is 2. The predicted molar refractivity (Wildman–Crippen MR) is 60.6 cm³/mol. The van der Waals surface area contributed by atoms with Crippen molar-refractivity contribution in [3.63, 3.8) is 0 Å². The molecule has 2 rings (SSSR count). The van der Waals surface area contributed by atoms with E-state index in [0.717, 1.165) is 11.8 Å². The quantitative estimate of drug-likeness (QED) is 0.737. The first-order valence-electron chi connectivity index (χ1n) is 6.16. The van der Waals surface area contributed by atoms with Crippen LogP contribution in [0.1, 0.15) is 32.1 Å². The number of amides is 2. The highest BCUT2D eigenvalue weighted by molar-refractivity contribution is 5.84. The summed E-state index contributed by atoms with van der Waals surface area (Å²) in [4.78, 5) is 22.6. The van der Waals surface area contributed by atoms with E-state index in [9.17, 15) is 9.59 Å². The molecule has 2 saturated carbocycles. The number of nitrogens with one attached hydrogen (secondary N) is 2. The van der Waals surface area contributed by atoms with E-state index in [2.05, 4.69) is 10.6 Å². The summed E-state index contributed by atoms with van der Waals surface area (Å²) < 4.78 is 0. The van der Waals surface area contributed by atoms with E-state index in [1.165, 1.54) is 25.7 Å². The monoisotopic (exact) mass is 224 g/mol. The lowest BCUT2D eigenvalue weighted by molar-refractivity contribution is -0.126. The molecule has 0 aromatic carbocycles. The van der Waals surface area contributed by atoms with Crippen molar-refractivity contribution in [1.82, 2.24) is 10.6 Å². The van der Waals surface area contributed by atoms with Gasteiger partial charge in [0.2, 0.25) is 11.8 Å². The van der Waals surface area contributed by atoms with E-state index < -0.39 is 0 Å². The molecule has 0 aromatic rings. The van der Waals surface area contributed by atoms with Gasteiger partial charge >= 0.3 is 0 Å². The molecule has 90 valence electrons. The first-order valence-corrected chi connectivity index (χ1v) is 6.16. The van der Waals surface area contributed by atoms with Gasteiger partial charge in [-0.3, -0.25) is 9.59 Å². The third-order valence-corrected chi connectivity index (χ3v) is 4.06. The largest absolute Gasteiger partial charge is 0.358 e. The van der Waals surface area contributed by atoms with Gasteiger partial charge in [-0.05, 0) is 37.0 Å². The average Bonchev–Trinajstić information content (AvgIpc) is 2.87. The molecular weight excluding hydrogens is 204 g/mol. The van der Waals surface area contributed by atoms with Crippen LogP contribution in [0.2, 0.25) is 0 Å². The minimum atomic E-state index is -0.138. The van der Waals surface area contributed by atoms with Crippen LogP contribution in [0.25, 0.3) is 0 Å². The zero-order valence-corrected chi connectivity index (χ0v) is 9.79. The summed E-state index contributed by atoms with van der Waals surface area (Å²) >= 11 is 0. The van der Waals surface area contributed by atoms with Gasteiger partial charge in [0.1, 0.15) is 0 Å². The molecule has 4 nitrogen and oxygen atoms in total. The Morgan fingerprint density at radius 2 is 2.00 bits per heavy atom. The first kappa shape index (κ1) is 11.4. The van der Waals surface area contributed by atoms with Crippen LogP contribution in [0.15, 0.2) is 0 Å². The Kier molecular flexibility index (Phi) is 3.46. The summed E-state index contributed by atoms with van der Waals surface area (Å²) in [5.74, 6) is 2.11. The van der Waals surface area contributed by atoms with Crippen LogP contribution in [0.3, 0.4) is 0 Å². The molecule has 0 heterocycles. The highest BCUT2D eigenvalue weighted by Crippen LogP contribution is 2.49. The summed E-state index contributed by atoms with van der Waals surface area (Å²) in [5.41, 5.74) is 0. The van der Waals surface area contributed by atoms with E-state index >= 15 is 0 Å². The third kappa shape index (κ3) is 2.54. The van der Waals surface area contributed by atoms with Gasteiger partial charge in [-0.15, -0.1) is 0 Å².